The van der Waals surface area contributed by atoms with Gasteiger partial charge in [-0.2, -0.15) is 0 Å². The molecule has 0 saturated carbocycles. The minimum atomic E-state index is 0.252. The van der Waals surface area contributed by atoms with Gasteiger partial charge in [-0.1, -0.05) is 5.92 Å². The van der Waals surface area contributed by atoms with E-state index in [1.165, 1.54) is 0 Å². The van der Waals surface area contributed by atoms with Crippen molar-refractivity contribution in [3.05, 3.63) is 0 Å². The highest BCUT2D eigenvalue weighted by Gasteiger charge is 2.25. The van der Waals surface area contributed by atoms with Gasteiger partial charge in [-0.15, -0.1) is 5.92 Å². The molecule has 1 aliphatic heterocycles. The first kappa shape index (κ1) is 9.57. The van der Waals surface area contributed by atoms with Crippen LogP contribution in [0.5, 0.6) is 0 Å². The van der Waals surface area contributed by atoms with Crippen LogP contribution in [0.2, 0.25) is 0 Å². The second kappa shape index (κ2) is 4.49. The molecule has 68 valence electrons. The van der Waals surface area contributed by atoms with Gasteiger partial charge in [-0.25, -0.2) is 0 Å². The van der Waals surface area contributed by atoms with Gasteiger partial charge < -0.3 is 10.1 Å². The molecule has 0 radical (unpaired) electrons. The van der Waals surface area contributed by atoms with Crippen molar-refractivity contribution in [1.29, 1.82) is 0 Å². The Kier molecular flexibility index (Phi) is 3.58. The van der Waals surface area contributed by atoms with Crippen molar-refractivity contribution in [3.8, 4) is 11.8 Å². The van der Waals surface area contributed by atoms with Crippen LogP contribution in [0, 0.1) is 11.8 Å². The van der Waals surface area contributed by atoms with Crippen molar-refractivity contribution in [3.63, 3.8) is 0 Å². The molecule has 1 aliphatic rings. The maximum absolute atomic E-state index is 5.30. The van der Waals surface area contributed by atoms with Crippen molar-refractivity contribution in [2.75, 3.05) is 19.8 Å². The average Bonchev–Trinajstić information content (AvgIpc) is 2.06. The SMILES string of the molecule is CC#CCNC1(C)CCOCC1. The maximum atomic E-state index is 5.30. The summed E-state index contributed by atoms with van der Waals surface area (Å²) in [7, 11) is 0. The van der Waals surface area contributed by atoms with Gasteiger partial charge in [-0.3, -0.25) is 0 Å². The van der Waals surface area contributed by atoms with Crippen LogP contribution in [-0.4, -0.2) is 25.3 Å². The molecule has 1 heterocycles. The Morgan fingerprint density at radius 1 is 1.42 bits per heavy atom. The second-order valence-electron chi connectivity index (χ2n) is 3.45. The first-order chi connectivity index (χ1) is 5.77. The monoisotopic (exact) mass is 167 g/mol. The van der Waals surface area contributed by atoms with E-state index in [2.05, 4.69) is 24.1 Å². The van der Waals surface area contributed by atoms with Crippen molar-refractivity contribution in [2.45, 2.75) is 32.2 Å². The molecule has 0 spiro atoms. The van der Waals surface area contributed by atoms with Gasteiger partial charge in [0.15, 0.2) is 0 Å². The van der Waals surface area contributed by atoms with Crippen LogP contribution in [0.3, 0.4) is 0 Å². The lowest BCUT2D eigenvalue weighted by molar-refractivity contribution is 0.0469. The van der Waals surface area contributed by atoms with E-state index in [4.69, 9.17) is 4.74 Å². The summed E-state index contributed by atoms with van der Waals surface area (Å²) >= 11 is 0. The summed E-state index contributed by atoms with van der Waals surface area (Å²) in [6.45, 7) is 6.67. The van der Waals surface area contributed by atoms with E-state index in [0.717, 1.165) is 32.6 Å². The van der Waals surface area contributed by atoms with Gasteiger partial charge in [0, 0.05) is 18.8 Å². The lowest BCUT2D eigenvalue weighted by Crippen LogP contribution is -2.46. The minimum absolute atomic E-state index is 0.252. The van der Waals surface area contributed by atoms with Crippen LogP contribution in [0.15, 0.2) is 0 Å². The molecule has 1 saturated heterocycles. The molecule has 2 heteroatoms. The summed E-state index contributed by atoms with van der Waals surface area (Å²) in [5.41, 5.74) is 0.252. The van der Waals surface area contributed by atoms with Crippen molar-refractivity contribution < 1.29 is 4.74 Å². The molecule has 0 aromatic carbocycles. The predicted octanol–water partition coefficient (Wildman–Crippen LogP) is 1.17. The third kappa shape index (κ3) is 2.84. The normalized spacial score (nSPS) is 21.2. The van der Waals surface area contributed by atoms with Gasteiger partial charge in [0.05, 0.1) is 6.54 Å². The molecule has 12 heavy (non-hydrogen) atoms. The van der Waals surface area contributed by atoms with E-state index in [9.17, 15) is 0 Å². The zero-order valence-electron chi connectivity index (χ0n) is 7.94. The molecule has 0 amide bonds. The standard InChI is InChI=1S/C10H17NO/c1-3-4-7-11-10(2)5-8-12-9-6-10/h11H,5-9H2,1-2H3. The fraction of sp³-hybridized carbons (Fsp3) is 0.800. The quantitative estimate of drug-likeness (QED) is 0.623. The van der Waals surface area contributed by atoms with Crippen LogP contribution in [0.25, 0.3) is 0 Å². The van der Waals surface area contributed by atoms with Gasteiger partial charge in [0.25, 0.3) is 0 Å². The largest absolute Gasteiger partial charge is 0.381 e. The molecule has 1 rings (SSSR count). The zero-order valence-corrected chi connectivity index (χ0v) is 7.94. The van der Waals surface area contributed by atoms with Crippen LogP contribution >= 0.6 is 0 Å². The van der Waals surface area contributed by atoms with Crippen molar-refractivity contribution >= 4 is 0 Å². The Labute approximate surface area is 74.7 Å². The van der Waals surface area contributed by atoms with E-state index >= 15 is 0 Å². The smallest absolute Gasteiger partial charge is 0.0580 e. The summed E-state index contributed by atoms with van der Waals surface area (Å²) in [6.07, 6.45) is 2.19. The molecular weight excluding hydrogens is 150 g/mol. The minimum Gasteiger partial charge on any atom is -0.381 e. The van der Waals surface area contributed by atoms with Crippen molar-refractivity contribution in [2.24, 2.45) is 0 Å². The van der Waals surface area contributed by atoms with E-state index in [-0.39, 0.29) is 5.54 Å². The van der Waals surface area contributed by atoms with E-state index in [1.54, 1.807) is 0 Å². The van der Waals surface area contributed by atoms with Crippen LogP contribution in [0.4, 0.5) is 0 Å². The summed E-state index contributed by atoms with van der Waals surface area (Å²) in [6, 6.07) is 0. The third-order valence-electron chi connectivity index (χ3n) is 2.38. The van der Waals surface area contributed by atoms with Crippen LogP contribution in [-0.2, 0) is 4.74 Å². The Hall–Kier alpha value is -0.520. The van der Waals surface area contributed by atoms with Crippen LogP contribution < -0.4 is 5.32 Å². The molecule has 0 aromatic heterocycles. The maximum Gasteiger partial charge on any atom is 0.0580 e. The second-order valence-corrected chi connectivity index (χ2v) is 3.45. The summed E-state index contributed by atoms with van der Waals surface area (Å²) < 4.78 is 5.30. The highest BCUT2D eigenvalue weighted by Crippen LogP contribution is 2.18. The molecule has 0 aliphatic carbocycles. The molecule has 0 unspecified atom stereocenters. The Morgan fingerprint density at radius 3 is 2.67 bits per heavy atom. The first-order valence-electron chi connectivity index (χ1n) is 4.49. The molecular formula is C10H17NO. The summed E-state index contributed by atoms with van der Waals surface area (Å²) in [4.78, 5) is 0. The first-order valence-corrected chi connectivity index (χ1v) is 4.49. The molecule has 2 nitrogen and oxygen atoms in total. The fourth-order valence-corrected chi connectivity index (χ4v) is 1.34. The number of nitrogens with one attached hydrogen (secondary N) is 1. The summed E-state index contributed by atoms with van der Waals surface area (Å²) in [5, 5.41) is 3.45. The van der Waals surface area contributed by atoms with E-state index in [0.29, 0.717) is 0 Å². The predicted molar refractivity (Wildman–Crippen MR) is 49.9 cm³/mol. The lowest BCUT2D eigenvalue weighted by atomic mass is 9.93. The number of rotatable bonds is 2. The zero-order chi connectivity index (χ0) is 8.86. The number of ether oxygens (including phenoxy) is 1. The highest BCUT2D eigenvalue weighted by atomic mass is 16.5. The van der Waals surface area contributed by atoms with E-state index < -0.39 is 0 Å². The molecule has 0 atom stereocenters. The Morgan fingerprint density at radius 2 is 2.08 bits per heavy atom. The van der Waals surface area contributed by atoms with Gasteiger partial charge >= 0.3 is 0 Å². The molecule has 1 N–H and O–H groups in total. The molecule has 0 aromatic rings. The van der Waals surface area contributed by atoms with E-state index in [1.807, 2.05) is 6.92 Å². The number of hydrogen-bond acceptors (Lipinski definition) is 2. The van der Waals surface area contributed by atoms with Crippen LogP contribution in [0.1, 0.15) is 26.7 Å². The molecule has 1 fully saturated rings. The molecule has 0 bridgehead atoms. The highest BCUT2D eigenvalue weighted by molar-refractivity contribution is 4.99. The Bertz CT molecular complexity index is 184. The fourth-order valence-electron chi connectivity index (χ4n) is 1.34. The topological polar surface area (TPSA) is 21.3 Å². The van der Waals surface area contributed by atoms with Gasteiger partial charge in [0.2, 0.25) is 0 Å². The van der Waals surface area contributed by atoms with Gasteiger partial charge in [0.1, 0.15) is 0 Å². The van der Waals surface area contributed by atoms with Crippen molar-refractivity contribution in [1.82, 2.24) is 5.32 Å². The number of hydrogen-bond donors (Lipinski definition) is 1. The van der Waals surface area contributed by atoms with Gasteiger partial charge in [-0.05, 0) is 26.7 Å². The summed E-state index contributed by atoms with van der Waals surface area (Å²) in [5.74, 6) is 5.90. The average molecular weight is 167 g/mol. The lowest BCUT2D eigenvalue weighted by Gasteiger charge is -2.33. The third-order valence-corrected chi connectivity index (χ3v) is 2.38. The Balaban J connectivity index is 2.29.